The molecular formula is C12H25NO. The molecular weight excluding hydrogens is 174 g/mol. The average Bonchev–Trinajstić information content (AvgIpc) is 2.52. The van der Waals surface area contributed by atoms with E-state index in [-0.39, 0.29) is 0 Å². The Labute approximate surface area is 88.4 Å². The second-order valence-electron chi connectivity index (χ2n) is 5.17. The molecule has 2 atom stereocenters. The molecule has 0 aromatic heterocycles. The zero-order valence-corrected chi connectivity index (χ0v) is 10.0. The highest BCUT2D eigenvalue weighted by atomic mass is 16.5. The third-order valence-corrected chi connectivity index (χ3v) is 2.98. The van der Waals surface area contributed by atoms with Gasteiger partial charge in [0.1, 0.15) is 0 Å². The molecule has 0 unspecified atom stereocenters. The second kappa shape index (κ2) is 5.72. The minimum absolute atomic E-state index is 0.459. The van der Waals surface area contributed by atoms with Crippen LogP contribution in [0.5, 0.6) is 0 Å². The quantitative estimate of drug-likeness (QED) is 0.734. The molecule has 84 valence electrons. The molecule has 1 heterocycles. The van der Waals surface area contributed by atoms with E-state index in [0.29, 0.717) is 12.1 Å². The van der Waals surface area contributed by atoms with E-state index in [1.54, 1.807) is 0 Å². The second-order valence-corrected chi connectivity index (χ2v) is 5.17. The lowest BCUT2D eigenvalue weighted by Crippen LogP contribution is -2.26. The van der Waals surface area contributed by atoms with E-state index in [9.17, 15) is 0 Å². The molecule has 1 aliphatic heterocycles. The molecule has 0 spiro atoms. The summed E-state index contributed by atoms with van der Waals surface area (Å²) in [5, 5.41) is 3.52. The molecule has 1 saturated heterocycles. The summed E-state index contributed by atoms with van der Waals surface area (Å²) >= 11 is 0. The van der Waals surface area contributed by atoms with Crippen LogP contribution in [-0.2, 0) is 4.74 Å². The highest BCUT2D eigenvalue weighted by Gasteiger charge is 2.26. The first kappa shape index (κ1) is 12.0. The third-order valence-electron chi connectivity index (χ3n) is 2.98. The molecule has 0 saturated carbocycles. The zero-order valence-electron chi connectivity index (χ0n) is 10.0. The van der Waals surface area contributed by atoms with Gasteiger partial charge in [-0.1, -0.05) is 27.7 Å². The number of hydrogen-bond acceptors (Lipinski definition) is 2. The molecule has 14 heavy (non-hydrogen) atoms. The molecule has 2 heteroatoms. The van der Waals surface area contributed by atoms with E-state index in [1.807, 2.05) is 0 Å². The van der Waals surface area contributed by atoms with Gasteiger partial charge in [0.2, 0.25) is 0 Å². The minimum Gasteiger partial charge on any atom is -0.377 e. The third kappa shape index (κ3) is 3.97. The first-order valence-corrected chi connectivity index (χ1v) is 5.94. The molecule has 1 N–H and O–H groups in total. The van der Waals surface area contributed by atoms with E-state index in [0.717, 1.165) is 25.0 Å². The standard InChI is InChI=1S/C12H25NO/c1-9(2)5-6-14-11-7-12(10(3)4)13-8-11/h9-13H,5-8H2,1-4H3/t11-,12-/m1/s1. The van der Waals surface area contributed by atoms with Crippen LogP contribution in [0, 0.1) is 11.8 Å². The van der Waals surface area contributed by atoms with Crippen molar-refractivity contribution >= 4 is 0 Å². The first-order chi connectivity index (χ1) is 6.59. The van der Waals surface area contributed by atoms with Gasteiger partial charge in [-0.25, -0.2) is 0 Å². The van der Waals surface area contributed by atoms with Crippen LogP contribution in [0.1, 0.15) is 40.5 Å². The van der Waals surface area contributed by atoms with Gasteiger partial charge in [0.15, 0.2) is 0 Å². The molecule has 0 aliphatic carbocycles. The average molecular weight is 199 g/mol. The molecule has 0 radical (unpaired) electrons. The predicted molar refractivity (Wildman–Crippen MR) is 60.4 cm³/mol. The Bertz CT molecular complexity index is 156. The van der Waals surface area contributed by atoms with Crippen molar-refractivity contribution in [3.63, 3.8) is 0 Å². The van der Waals surface area contributed by atoms with Crippen LogP contribution in [-0.4, -0.2) is 25.3 Å². The Morgan fingerprint density at radius 3 is 2.50 bits per heavy atom. The number of hydrogen-bond donors (Lipinski definition) is 1. The van der Waals surface area contributed by atoms with Gasteiger partial charge in [0, 0.05) is 19.2 Å². The highest BCUT2D eigenvalue weighted by molar-refractivity contribution is 4.84. The van der Waals surface area contributed by atoms with Crippen LogP contribution in [0.4, 0.5) is 0 Å². The SMILES string of the molecule is CC(C)CCO[C@H]1CN[C@@H](C(C)C)C1. The fraction of sp³-hybridized carbons (Fsp3) is 1.00. The maximum absolute atomic E-state index is 5.83. The maximum atomic E-state index is 5.83. The van der Waals surface area contributed by atoms with Gasteiger partial charge in [-0.05, 0) is 24.7 Å². The number of rotatable bonds is 5. The summed E-state index contributed by atoms with van der Waals surface area (Å²) in [7, 11) is 0. The van der Waals surface area contributed by atoms with Crippen molar-refractivity contribution in [3.05, 3.63) is 0 Å². The van der Waals surface area contributed by atoms with Crippen molar-refractivity contribution in [2.24, 2.45) is 11.8 Å². The lowest BCUT2D eigenvalue weighted by molar-refractivity contribution is 0.0573. The summed E-state index contributed by atoms with van der Waals surface area (Å²) in [5.74, 6) is 1.49. The van der Waals surface area contributed by atoms with Gasteiger partial charge in [-0.15, -0.1) is 0 Å². The summed E-state index contributed by atoms with van der Waals surface area (Å²) in [6.45, 7) is 11.0. The Hall–Kier alpha value is -0.0800. The molecule has 2 nitrogen and oxygen atoms in total. The van der Waals surface area contributed by atoms with E-state index in [2.05, 4.69) is 33.0 Å². The molecule has 1 fully saturated rings. The zero-order chi connectivity index (χ0) is 10.6. The highest BCUT2D eigenvalue weighted by Crippen LogP contribution is 2.17. The Morgan fingerprint density at radius 2 is 2.00 bits per heavy atom. The minimum atomic E-state index is 0.459. The summed E-state index contributed by atoms with van der Waals surface area (Å²) in [5.41, 5.74) is 0. The lowest BCUT2D eigenvalue weighted by atomic mass is 10.0. The molecule has 0 aromatic carbocycles. The van der Waals surface area contributed by atoms with Crippen LogP contribution in [0.15, 0.2) is 0 Å². The van der Waals surface area contributed by atoms with Gasteiger partial charge >= 0.3 is 0 Å². The van der Waals surface area contributed by atoms with Gasteiger partial charge in [0.05, 0.1) is 6.10 Å². The fourth-order valence-corrected chi connectivity index (χ4v) is 1.84. The van der Waals surface area contributed by atoms with E-state index < -0.39 is 0 Å². The van der Waals surface area contributed by atoms with Crippen molar-refractivity contribution < 1.29 is 4.74 Å². The van der Waals surface area contributed by atoms with E-state index >= 15 is 0 Å². The maximum Gasteiger partial charge on any atom is 0.0714 e. The summed E-state index contributed by atoms with van der Waals surface area (Å²) in [4.78, 5) is 0. The van der Waals surface area contributed by atoms with Gasteiger partial charge < -0.3 is 10.1 Å². The predicted octanol–water partition coefficient (Wildman–Crippen LogP) is 2.44. The summed E-state index contributed by atoms with van der Waals surface area (Å²) < 4.78 is 5.83. The summed E-state index contributed by atoms with van der Waals surface area (Å²) in [6, 6.07) is 0.666. The number of ether oxygens (including phenoxy) is 1. The Morgan fingerprint density at radius 1 is 1.29 bits per heavy atom. The molecule has 0 amide bonds. The first-order valence-electron chi connectivity index (χ1n) is 5.94. The van der Waals surface area contributed by atoms with Crippen molar-refractivity contribution in [2.75, 3.05) is 13.2 Å². The molecule has 1 aliphatic rings. The van der Waals surface area contributed by atoms with Crippen LogP contribution >= 0.6 is 0 Å². The Kier molecular flexibility index (Phi) is 4.90. The van der Waals surface area contributed by atoms with Gasteiger partial charge in [-0.3, -0.25) is 0 Å². The van der Waals surface area contributed by atoms with Gasteiger partial charge in [-0.2, -0.15) is 0 Å². The largest absolute Gasteiger partial charge is 0.377 e. The number of nitrogens with one attached hydrogen (secondary N) is 1. The van der Waals surface area contributed by atoms with Crippen LogP contribution in [0.3, 0.4) is 0 Å². The molecule has 0 aromatic rings. The van der Waals surface area contributed by atoms with Gasteiger partial charge in [0.25, 0.3) is 0 Å². The lowest BCUT2D eigenvalue weighted by Gasteiger charge is -2.15. The monoisotopic (exact) mass is 199 g/mol. The van der Waals surface area contributed by atoms with Crippen LogP contribution in [0.2, 0.25) is 0 Å². The van der Waals surface area contributed by atoms with Crippen LogP contribution < -0.4 is 5.32 Å². The van der Waals surface area contributed by atoms with Crippen molar-refractivity contribution in [1.29, 1.82) is 0 Å². The molecule has 1 rings (SSSR count). The van der Waals surface area contributed by atoms with E-state index in [1.165, 1.54) is 12.8 Å². The van der Waals surface area contributed by atoms with E-state index in [4.69, 9.17) is 4.74 Å². The topological polar surface area (TPSA) is 21.3 Å². The van der Waals surface area contributed by atoms with Crippen molar-refractivity contribution in [2.45, 2.75) is 52.7 Å². The van der Waals surface area contributed by atoms with Crippen molar-refractivity contribution in [3.8, 4) is 0 Å². The molecule has 0 bridgehead atoms. The Balaban J connectivity index is 2.10. The smallest absolute Gasteiger partial charge is 0.0714 e. The fourth-order valence-electron chi connectivity index (χ4n) is 1.84. The normalized spacial score (nSPS) is 27.9. The van der Waals surface area contributed by atoms with Crippen molar-refractivity contribution in [1.82, 2.24) is 5.32 Å². The van der Waals surface area contributed by atoms with Crippen LogP contribution in [0.25, 0.3) is 0 Å². The summed E-state index contributed by atoms with van der Waals surface area (Å²) in [6.07, 6.45) is 2.83.